The van der Waals surface area contributed by atoms with Gasteiger partial charge in [0.15, 0.2) is 5.01 Å². The number of thiazole rings is 1. The van der Waals surface area contributed by atoms with Gasteiger partial charge < -0.3 is 0 Å². The van der Waals surface area contributed by atoms with E-state index in [4.69, 9.17) is 0 Å². The summed E-state index contributed by atoms with van der Waals surface area (Å²) in [6.45, 7) is 1.57. The Morgan fingerprint density at radius 1 is 1.50 bits per heavy atom. The summed E-state index contributed by atoms with van der Waals surface area (Å²) in [5.41, 5.74) is 0.448. The summed E-state index contributed by atoms with van der Waals surface area (Å²) in [5, 5.41) is -0.346. The second-order valence-corrected chi connectivity index (χ2v) is 3.80. The quantitative estimate of drug-likeness (QED) is 0.705. The van der Waals surface area contributed by atoms with Crippen molar-refractivity contribution >= 4 is 27.3 Å². The van der Waals surface area contributed by atoms with Gasteiger partial charge in [0.1, 0.15) is 0 Å². The van der Waals surface area contributed by atoms with Crippen LogP contribution in [0, 0.1) is 6.92 Å². The van der Waals surface area contributed by atoms with E-state index in [0.29, 0.717) is 27.2 Å². The van der Waals surface area contributed by atoms with Crippen molar-refractivity contribution in [2.75, 3.05) is 0 Å². The first-order valence-electron chi connectivity index (χ1n) is 3.04. The highest BCUT2D eigenvalue weighted by Gasteiger charge is 2.35. The third-order valence-corrected chi connectivity index (χ3v) is 3.39. The second kappa shape index (κ2) is 3.33. The molecule has 1 nitrogen and oxygen atoms in total. The van der Waals surface area contributed by atoms with E-state index in [1.807, 2.05) is 0 Å². The van der Waals surface area contributed by atoms with Crippen molar-refractivity contribution in [3.05, 3.63) is 15.6 Å². The second-order valence-electron chi connectivity index (χ2n) is 2.16. The minimum atomic E-state index is -4.31. The van der Waals surface area contributed by atoms with Gasteiger partial charge in [-0.15, -0.1) is 11.3 Å². The van der Waals surface area contributed by atoms with Crippen molar-refractivity contribution < 1.29 is 13.2 Å². The molecule has 0 N–H and O–H groups in total. The van der Waals surface area contributed by atoms with Crippen LogP contribution in [-0.2, 0) is 11.5 Å². The monoisotopic (exact) mass is 259 g/mol. The Hall–Kier alpha value is -0.100. The topological polar surface area (TPSA) is 12.9 Å². The van der Waals surface area contributed by atoms with Gasteiger partial charge in [0.05, 0.1) is 5.69 Å². The number of aromatic nitrogens is 1. The van der Waals surface area contributed by atoms with Crippen LogP contribution < -0.4 is 0 Å². The SMILES string of the molecule is Cc1nc(C(F)(F)F)sc1CBr. The first-order valence-corrected chi connectivity index (χ1v) is 4.98. The molecule has 0 aliphatic carbocycles. The first kappa shape index (κ1) is 9.98. The van der Waals surface area contributed by atoms with Gasteiger partial charge in [0.25, 0.3) is 0 Å². The largest absolute Gasteiger partial charge is 0.443 e. The molecule has 0 spiro atoms. The summed E-state index contributed by atoms with van der Waals surface area (Å²) in [6.07, 6.45) is -4.31. The van der Waals surface area contributed by atoms with E-state index in [1.165, 1.54) is 0 Å². The number of halogens is 4. The van der Waals surface area contributed by atoms with E-state index in [2.05, 4.69) is 20.9 Å². The molecule has 0 saturated heterocycles. The average molecular weight is 260 g/mol. The van der Waals surface area contributed by atoms with Crippen LogP contribution in [0.3, 0.4) is 0 Å². The molecule has 0 aliphatic rings. The van der Waals surface area contributed by atoms with Gasteiger partial charge >= 0.3 is 6.18 Å². The zero-order valence-electron chi connectivity index (χ0n) is 6.07. The van der Waals surface area contributed by atoms with E-state index >= 15 is 0 Å². The molecule has 12 heavy (non-hydrogen) atoms. The van der Waals surface area contributed by atoms with Crippen LogP contribution in [0.25, 0.3) is 0 Å². The maximum atomic E-state index is 12.1. The molecule has 1 rings (SSSR count). The highest BCUT2D eigenvalue weighted by atomic mass is 79.9. The van der Waals surface area contributed by atoms with Crippen LogP contribution in [-0.4, -0.2) is 4.98 Å². The third kappa shape index (κ3) is 1.98. The Labute approximate surface area is 79.8 Å². The Bertz CT molecular complexity index is 281. The summed E-state index contributed by atoms with van der Waals surface area (Å²) in [7, 11) is 0. The summed E-state index contributed by atoms with van der Waals surface area (Å²) >= 11 is 3.77. The van der Waals surface area contributed by atoms with Crippen LogP contribution >= 0.6 is 27.3 Å². The fourth-order valence-corrected chi connectivity index (χ4v) is 2.20. The predicted molar refractivity (Wildman–Crippen MR) is 44.5 cm³/mol. The summed E-state index contributed by atoms with van der Waals surface area (Å²) in [4.78, 5) is 4.04. The van der Waals surface area contributed by atoms with Crippen molar-refractivity contribution in [2.24, 2.45) is 0 Å². The lowest BCUT2D eigenvalue weighted by Crippen LogP contribution is -2.03. The zero-order valence-corrected chi connectivity index (χ0v) is 8.48. The number of hydrogen-bond donors (Lipinski definition) is 0. The maximum absolute atomic E-state index is 12.1. The minimum absolute atomic E-state index is 0.423. The molecular weight excluding hydrogens is 255 g/mol. The average Bonchev–Trinajstić information content (AvgIpc) is 2.29. The third-order valence-electron chi connectivity index (χ3n) is 1.26. The summed E-state index contributed by atoms with van der Waals surface area (Å²) in [5.74, 6) is 0. The molecule has 0 radical (unpaired) electrons. The standard InChI is InChI=1S/C6H5BrF3NS/c1-3-4(2-7)12-5(11-3)6(8,9)10/h2H2,1H3. The highest BCUT2D eigenvalue weighted by molar-refractivity contribution is 9.08. The van der Waals surface area contributed by atoms with E-state index in [1.54, 1.807) is 6.92 Å². The lowest BCUT2D eigenvalue weighted by atomic mass is 10.4. The van der Waals surface area contributed by atoms with Crippen LogP contribution in [0.2, 0.25) is 0 Å². The molecule has 1 aromatic heterocycles. The lowest BCUT2D eigenvalue weighted by Gasteiger charge is -1.98. The van der Waals surface area contributed by atoms with Crippen molar-refractivity contribution in [1.82, 2.24) is 4.98 Å². The molecule has 68 valence electrons. The van der Waals surface area contributed by atoms with E-state index in [9.17, 15) is 13.2 Å². The van der Waals surface area contributed by atoms with Crippen molar-refractivity contribution in [3.63, 3.8) is 0 Å². The van der Waals surface area contributed by atoms with Gasteiger partial charge in [-0.25, -0.2) is 4.98 Å². The zero-order chi connectivity index (χ0) is 9.35. The van der Waals surface area contributed by atoms with Gasteiger partial charge in [0.2, 0.25) is 0 Å². The Morgan fingerprint density at radius 2 is 2.08 bits per heavy atom. The number of nitrogens with zero attached hydrogens (tertiary/aromatic N) is 1. The molecule has 1 aromatic rings. The van der Waals surface area contributed by atoms with Gasteiger partial charge in [-0.2, -0.15) is 13.2 Å². The summed E-state index contributed by atoms with van der Waals surface area (Å²) in [6, 6.07) is 0. The van der Waals surface area contributed by atoms with Gasteiger partial charge in [-0.3, -0.25) is 0 Å². The smallest absolute Gasteiger partial charge is 0.237 e. The van der Waals surface area contributed by atoms with Gasteiger partial charge in [-0.1, -0.05) is 15.9 Å². The van der Waals surface area contributed by atoms with Crippen LogP contribution in [0.15, 0.2) is 0 Å². The van der Waals surface area contributed by atoms with E-state index in [0.717, 1.165) is 0 Å². The fourth-order valence-electron chi connectivity index (χ4n) is 0.673. The van der Waals surface area contributed by atoms with Crippen molar-refractivity contribution in [3.8, 4) is 0 Å². The predicted octanol–water partition coefficient (Wildman–Crippen LogP) is 3.37. The first-order chi connectivity index (χ1) is 5.45. The number of hydrogen-bond acceptors (Lipinski definition) is 2. The van der Waals surface area contributed by atoms with E-state index < -0.39 is 11.2 Å². The van der Waals surface area contributed by atoms with E-state index in [-0.39, 0.29) is 0 Å². The van der Waals surface area contributed by atoms with Crippen LogP contribution in [0.1, 0.15) is 15.6 Å². The molecular formula is C6H5BrF3NS. The normalized spacial score (nSPS) is 12.1. The molecule has 0 saturated carbocycles. The Balaban J connectivity index is 3.05. The number of alkyl halides is 4. The van der Waals surface area contributed by atoms with Crippen LogP contribution in [0.5, 0.6) is 0 Å². The number of aryl methyl sites for hydroxylation is 1. The molecule has 0 aliphatic heterocycles. The molecule has 1 heterocycles. The molecule has 0 fully saturated rings. The lowest BCUT2D eigenvalue weighted by molar-refractivity contribution is -0.137. The number of rotatable bonds is 1. The van der Waals surface area contributed by atoms with Crippen molar-refractivity contribution in [1.29, 1.82) is 0 Å². The minimum Gasteiger partial charge on any atom is -0.237 e. The molecule has 0 unspecified atom stereocenters. The Morgan fingerprint density at radius 3 is 2.33 bits per heavy atom. The highest BCUT2D eigenvalue weighted by Crippen LogP contribution is 2.34. The molecule has 0 amide bonds. The Kier molecular flexibility index (Phi) is 2.77. The van der Waals surface area contributed by atoms with Gasteiger partial charge in [-0.05, 0) is 6.92 Å². The molecule has 6 heteroatoms. The van der Waals surface area contributed by atoms with Gasteiger partial charge in [0, 0.05) is 10.2 Å². The fraction of sp³-hybridized carbons (Fsp3) is 0.500. The summed E-state index contributed by atoms with van der Waals surface area (Å²) < 4.78 is 36.2. The molecule has 0 bridgehead atoms. The molecule has 0 aromatic carbocycles. The van der Waals surface area contributed by atoms with Crippen LogP contribution in [0.4, 0.5) is 13.2 Å². The molecule has 0 atom stereocenters. The maximum Gasteiger partial charge on any atom is 0.443 e. The van der Waals surface area contributed by atoms with Crippen molar-refractivity contribution in [2.45, 2.75) is 18.4 Å².